The van der Waals surface area contributed by atoms with Gasteiger partial charge in [-0.15, -0.1) is 0 Å². The maximum Gasteiger partial charge on any atom is 0.339 e. The Bertz CT molecular complexity index is 1420. The van der Waals surface area contributed by atoms with Crippen LogP contribution in [0, 0.1) is 18.6 Å². The van der Waals surface area contributed by atoms with Crippen LogP contribution in [-0.4, -0.2) is 38.7 Å². The monoisotopic (exact) mass is 521 g/mol. The second-order valence-electron chi connectivity index (χ2n) is 9.02. The van der Waals surface area contributed by atoms with Crippen molar-refractivity contribution in [3.8, 4) is 5.75 Å². The summed E-state index contributed by atoms with van der Waals surface area (Å²) in [5.74, 6) is -2.03. The number of aromatic nitrogens is 3. The van der Waals surface area contributed by atoms with Crippen molar-refractivity contribution < 1.29 is 23.4 Å². The Labute approximate surface area is 219 Å². The minimum atomic E-state index is -1.09. The zero-order valence-corrected chi connectivity index (χ0v) is 21.5. The smallest absolute Gasteiger partial charge is 0.339 e. The Balaban J connectivity index is 1.54. The van der Waals surface area contributed by atoms with Gasteiger partial charge in [-0.05, 0) is 45.8 Å². The number of hydrogen-bond acceptors (Lipinski definition) is 6. The van der Waals surface area contributed by atoms with Crippen LogP contribution in [0.2, 0.25) is 0 Å². The Morgan fingerprint density at radius 1 is 1.34 bits per heavy atom. The van der Waals surface area contributed by atoms with Crippen LogP contribution < -0.4 is 10.1 Å². The van der Waals surface area contributed by atoms with Crippen molar-refractivity contribution in [2.45, 2.75) is 46.1 Å². The van der Waals surface area contributed by atoms with E-state index in [1.54, 1.807) is 30.7 Å². The van der Waals surface area contributed by atoms with Gasteiger partial charge in [0.2, 0.25) is 0 Å². The number of carboxylic acids is 1. The molecule has 0 spiro atoms. The number of anilines is 1. The first-order valence-corrected chi connectivity index (χ1v) is 12.2. The molecular formula is C28H29F2N5O3. The standard InChI is InChI=1S/C28H29F2N5O3/c1-5-38-20-12-23(29)22(24(30)13-20)15-35-27(19-6-7-19)17(3)26(34-35)18(4)32-11-8-16(2)33-25-9-10-31-14-21(25)28(36)37/h8-14,19H,4-7,15H2,1-3H3,(H,31,33)(H,36,37)/b16-8+,32-11?. The first-order valence-electron chi connectivity index (χ1n) is 12.2. The number of benzene rings is 1. The second kappa shape index (κ2) is 11.4. The largest absolute Gasteiger partial charge is 0.494 e. The highest BCUT2D eigenvalue weighted by atomic mass is 19.1. The van der Waals surface area contributed by atoms with Crippen molar-refractivity contribution in [3.05, 3.63) is 88.7 Å². The van der Waals surface area contributed by atoms with Crippen LogP contribution in [-0.2, 0) is 6.54 Å². The van der Waals surface area contributed by atoms with Crippen LogP contribution in [0.5, 0.6) is 5.75 Å². The molecule has 2 heterocycles. The third-order valence-corrected chi connectivity index (χ3v) is 6.15. The molecule has 10 heteroatoms. The third kappa shape index (κ3) is 5.96. The minimum absolute atomic E-state index is 0.0516. The van der Waals surface area contributed by atoms with Crippen LogP contribution in [0.25, 0.3) is 5.70 Å². The Morgan fingerprint density at radius 3 is 2.68 bits per heavy atom. The van der Waals surface area contributed by atoms with Crippen LogP contribution in [0.1, 0.15) is 65.5 Å². The number of aromatic carboxylic acids is 1. The van der Waals surface area contributed by atoms with Gasteiger partial charge in [-0.3, -0.25) is 14.7 Å². The maximum atomic E-state index is 14.8. The van der Waals surface area contributed by atoms with Gasteiger partial charge in [-0.1, -0.05) is 6.58 Å². The van der Waals surface area contributed by atoms with Crippen molar-refractivity contribution in [1.29, 1.82) is 0 Å². The molecule has 3 aromatic rings. The molecule has 4 rings (SSSR count). The lowest BCUT2D eigenvalue weighted by atomic mass is 10.1. The number of allylic oxidation sites excluding steroid dienone is 2. The van der Waals surface area contributed by atoms with Crippen molar-refractivity contribution in [1.82, 2.24) is 14.8 Å². The lowest BCUT2D eigenvalue weighted by Crippen LogP contribution is -2.10. The second-order valence-corrected chi connectivity index (χ2v) is 9.02. The highest BCUT2D eigenvalue weighted by molar-refractivity contribution is 5.94. The Kier molecular flexibility index (Phi) is 7.99. The van der Waals surface area contributed by atoms with E-state index in [1.807, 2.05) is 6.92 Å². The van der Waals surface area contributed by atoms with E-state index in [0.29, 0.717) is 29.4 Å². The lowest BCUT2D eigenvalue weighted by molar-refractivity contribution is 0.0697. The molecule has 0 radical (unpaired) electrons. The average Bonchev–Trinajstić information content (AvgIpc) is 3.64. The van der Waals surface area contributed by atoms with E-state index in [0.717, 1.165) is 24.1 Å². The minimum Gasteiger partial charge on any atom is -0.494 e. The van der Waals surface area contributed by atoms with Crippen molar-refractivity contribution >= 4 is 23.6 Å². The average molecular weight is 522 g/mol. The summed E-state index contributed by atoms with van der Waals surface area (Å²) in [6.45, 7) is 9.72. The molecule has 2 N–H and O–H groups in total. The number of carbonyl (C=O) groups is 1. The summed E-state index contributed by atoms with van der Waals surface area (Å²) in [5, 5.41) is 17.0. The van der Waals surface area contributed by atoms with Gasteiger partial charge in [-0.25, -0.2) is 13.6 Å². The van der Waals surface area contributed by atoms with Gasteiger partial charge in [0.25, 0.3) is 0 Å². The Hall–Kier alpha value is -4.34. The molecule has 0 unspecified atom stereocenters. The number of rotatable bonds is 11. The van der Waals surface area contributed by atoms with Crippen LogP contribution >= 0.6 is 0 Å². The molecule has 1 saturated carbocycles. The number of ether oxygens (including phenoxy) is 1. The third-order valence-electron chi connectivity index (χ3n) is 6.15. The molecule has 1 aliphatic rings. The van der Waals surface area contributed by atoms with E-state index in [2.05, 4.69) is 27.0 Å². The normalized spacial score (nSPS) is 13.7. The number of carboxylic acid groups (broad SMARTS) is 1. The van der Waals surface area contributed by atoms with Crippen molar-refractivity contribution in [3.63, 3.8) is 0 Å². The molecule has 0 aliphatic heterocycles. The van der Waals surface area contributed by atoms with Gasteiger partial charge in [0, 0.05) is 59.2 Å². The van der Waals surface area contributed by atoms with Gasteiger partial charge in [0.05, 0.1) is 24.5 Å². The van der Waals surface area contributed by atoms with E-state index in [-0.39, 0.29) is 29.3 Å². The molecule has 198 valence electrons. The van der Waals surface area contributed by atoms with Gasteiger partial charge in [0.1, 0.15) is 28.6 Å². The van der Waals surface area contributed by atoms with Gasteiger partial charge >= 0.3 is 5.97 Å². The number of hydrogen-bond donors (Lipinski definition) is 2. The highest BCUT2D eigenvalue weighted by Gasteiger charge is 2.32. The van der Waals surface area contributed by atoms with Crippen molar-refractivity contribution in [2.24, 2.45) is 4.99 Å². The molecular weight excluding hydrogens is 492 g/mol. The molecule has 0 atom stereocenters. The summed E-state index contributed by atoms with van der Waals surface area (Å²) >= 11 is 0. The molecule has 1 aromatic carbocycles. The zero-order valence-electron chi connectivity index (χ0n) is 21.5. The maximum absolute atomic E-state index is 14.8. The van der Waals surface area contributed by atoms with Crippen LogP contribution in [0.3, 0.4) is 0 Å². The van der Waals surface area contributed by atoms with E-state index in [4.69, 9.17) is 4.74 Å². The summed E-state index contributed by atoms with van der Waals surface area (Å²) in [7, 11) is 0. The van der Waals surface area contributed by atoms with E-state index >= 15 is 0 Å². The number of halogens is 2. The molecule has 0 bridgehead atoms. The number of pyridine rings is 1. The fourth-order valence-electron chi connectivity index (χ4n) is 4.19. The fraction of sp³-hybridized carbons (Fsp3) is 0.286. The topological polar surface area (TPSA) is 102 Å². The summed E-state index contributed by atoms with van der Waals surface area (Å²) in [4.78, 5) is 19.6. The molecule has 1 fully saturated rings. The molecule has 38 heavy (non-hydrogen) atoms. The number of nitrogens with one attached hydrogen (secondary N) is 1. The summed E-state index contributed by atoms with van der Waals surface area (Å²) < 4.78 is 36.4. The SMILES string of the molecule is C=C(N=C/C=C(\C)Nc1ccncc1C(=O)O)c1nn(Cc2c(F)cc(OCC)cc2F)c(C2CC2)c1C. The molecule has 0 amide bonds. The van der Waals surface area contributed by atoms with E-state index < -0.39 is 17.6 Å². The highest BCUT2D eigenvalue weighted by Crippen LogP contribution is 2.43. The fourth-order valence-corrected chi connectivity index (χ4v) is 4.19. The number of nitrogens with zero attached hydrogens (tertiary/aromatic N) is 4. The first kappa shape index (κ1) is 26.7. The van der Waals surface area contributed by atoms with E-state index in [1.165, 1.54) is 30.7 Å². The van der Waals surface area contributed by atoms with Crippen molar-refractivity contribution in [2.75, 3.05) is 11.9 Å². The molecule has 0 saturated heterocycles. The Morgan fingerprint density at radius 2 is 2.05 bits per heavy atom. The van der Waals surface area contributed by atoms with Crippen LogP contribution in [0.4, 0.5) is 14.5 Å². The number of aliphatic imine (C=N–C) groups is 1. The summed E-state index contributed by atoms with van der Waals surface area (Å²) in [6.07, 6.45) is 7.95. The quantitative estimate of drug-likeness (QED) is 0.303. The van der Waals surface area contributed by atoms with Gasteiger partial charge in [-0.2, -0.15) is 5.10 Å². The predicted molar refractivity (Wildman–Crippen MR) is 142 cm³/mol. The van der Waals surface area contributed by atoms with E-state index in [9.17, 15) is 18.7 Å². The predicted octanol–water partition coefficient (Wildman–Crippen LogP) is 5.94. The molecule has 8 nitrogen and oxygen atoms in total. The summed E-state index contributed by atoms with van der Waals surface area (Å²) in [5.41, 5.74) is 3.78. The lowest BCUT2D eigenvalue weighted by Gasteiger charge is -2.11. The summed E-state index contributed by atoms with van der Waals surface area (Å²) in [6, 6.07) is 3.95. The molecule has 2 aromatic heterocycles. The first-order chi connectivity index (χ1) is 18.2. The van der Waals surface area contributed by atoms with Crippen LogP contribution in [0.15, 0.2) is 53.9 Å². The molecule has 1 aliphatic carbocycles. The zero-order chi connectivity index (χ0) is 27.4. The van der Waals surface area contributed by atoms with Gasteiger partial charge < -0.3 is 15.2 Å². The van der Waals surface area contributed by atoms with Gasteiger partial charge in [0.15, 0.2) is 0 Å².